The quantitative estimate of drug-likeness (QED) is 0.334. The molecule has 0 saturated carbocycles. The molecule has 0 spiro atoms. The highest BCUT2D eigenvalue weighted by atomic mass is 32.2. The lowest BCUT2D eigenvalue weighted by Crippen LogP contribution is -2.12. The highest BCUT2D eigenvalue weighted by molar-refractivity contribution is 7.93. The molecule has 0 fully saturated rings. The second-order valence-electron chi connectivity index (χ2n) is 5.70. The number of benzene rings is 2. The first-order valence-corrected chi connectivity index (χ1v) is 10.4. The number of aromatic nitrogens is 2. The van der Waals surface area contributed by atoms with Crippen molar-refractivity contribution in [2.45, 2.75) is 18.2 Å². The van der Waals surface area contributed by atoms with Crippen molar-refractivity contribution < 1.29 is 8.42 Å². The van der Waals surface area contributed by atoms with Crippen molar-refractivity contribution in [2.24, 2.45) is 5.18 Å². The number of hydrogen-bond donors (Lipinski definition) is 4. The van der Waals surface area contributed by atoms with Gasteiger partial charge in [-0.1, -0.05) is 18.3 Å². The first kappa shape index (κ1) is 19.5. The molecule has 12 heteroatoms. The molecule has 1 heterocycles. The fraction of sp³-hybridized carbons (Fsp3) is 0.125. The number of nitrogens with two attached hydrogens (primary N) is 2. The van der Waals surface area contributed by atoms with E-state index in [4.69, 9.17) is 11.5 Å². The Kier molecular flexibility index (Phi) is 5.42. The second kappa shape index (κ2) is 7.78. The van der Waals surface area contributed by atoms with Crippen molar-refractivity contribution in [3.63, 3.8) is 0 Å². The van der Waals surface area contributed by atoms with Crippen LogP contribution in [0.5, 0.6) is 0 Å². The lowest BCUT2D eigenvalue weighted by atomic mass is 10.2. The van der Waals surface area contributed by atoms with E-state index in [9.17, 15) is 13.3 Å². The van der Waals surface area contributed by atoms with Gasteiger partial charge in [-0.2, -0.15) is 0 Å². The number of nitrogens with one attached hydrogen (secondary N) is 2. The van der Waals surface area contributed by atoms with Crippen molar-refractivity contribution >= 4 is 54.9 Å². The zero-order valence-corrected chi connectivity index (χ0v) is 16.3. The van der Waals surface area contributed by atoms with E-state index in [1.807, 2.05) is 6.92 Å². The standard InChI is InChI=1S/C16H17N7O3S2/c1-2-15-20-21-16(27-15)23-28(25,26)10-5-3-9(4-6-10)19-13-7-11(17)12(18)8-14(13)22-24/h3-8,19H,2,17-18H2,1H3,(H,21,23). The highest BCUT2D eigenvalue weighted by Crippen LogP contribution is 2.34. The lowest BCUT2D eigenvalue weighted by molar-refractivity contribution is 0.601. The summed E-state index contributed by atoms with van der Waals surface area (Å²) in [6, 6.07) is 8.78. The maximum absolute atomic E-state index is 12.5. The van der Waals surface area contributed by atoms with Crippen LogP contribution in [0.2, 0.25) is 0 Å². The van der Waals surface area contributed by atoms with Gasteiger partial charge in [0.2, 0.25) is 5.13 Å². The second-order valence-corrected chi connectivity index (χ2v) is 8.44. The Balaban J connectivity index is 1.79. The fourth-order valence-electron chi connectivity index (χ4n) is 2.28. The van der Waals surface area contributed by atoms with E-state index >= 15 is 0 Å². The summed E-state index contributed by atoms with van der Waals surface area (Å²) in [6.07, 6.45) is 0.674. The Morgan fingerprint density at radius 2 is 1.79 bits per heavy atom. The highest BCUT2D eigenvalue weighted by Gasteiger charge is 2.17. The van der Waals surface area contributed by atoms with Gasteiger partial charge < -0.3 is 16.8 Å². The summed E-state index contributed by atoms with van der Waals surface area (Å²) in [5.74, 6) is 0. The van der Waals surface area contributed by atoms with Gasteiger partial charge in [-0.15, -0.1) is 15.1 Å². The first-order chi connectivity index (χ1) is 13.3. The summed E-state index contributed by atoms with van der Waals surface area (Å²) in [5, 5.41) is 14.5. The molecular weight excluding hydrogens is 402 g/mol. The van der Waals surface area contributed by atoms with E-state index in [2.05, 4.69) is 25.4 Å². The van der Waals surface area contributed by atoms with Crippen LogP contribution in [0.4, 0.5) is 33.6 Å². The van der Waals surface area contributed by atoms with Crippen LogP contribution in [-0.4, -0.2) is 18.6 Å². The van der Waals surface area contributed by atoms with Crippen molar-refractivity contribution in [2.75, 3.05) is 21.5 Å². The number of anilines is 5. The predicted molar refractivity (Wildman–Crippen MR) is 111 cm³/mol. The summed E-state index contributed by atoms with van der Waals surface area (Å²) in [5.41, 5.74) is 13.0. The number of nitrogen functional groups attached to an aromatic ring is 2. The summed E-state index contributed by atoms with van der Waals surface area (Å²) < 4.78 is 27.3. The number of nitrogens with zero attached hydrogens (tertiary/aromatic N) is 3. The third-order valence-corrected chi connectivity index (χ3v) is 6.20. The van der Waals surface area contributed by atoms with E-state index in [1.54, 1.807) is 12.1 Å². The van der Waals surface area contributed by atoms with E-state index < -0.39 is 10.0 Å². The van der Waals surface area contributed by atoms with Crippen molar-refractivity contribution in [3.8, 4) is 0 Å². The van der Waals surface area contributed by atoms with Crippen LogP contribution in [0.25, 0.3) is 0 Å². The molecule has 146 valence electrons. The summed E-state index contributed by atoms with van der Waals surface area (Å²) >= 11 is 1.18. The smallest absolute Gasteiger partial charge is 0.263 e. The Hall–Kier alpha value is -3.25. The van der Waals surface area contributed by atoms with Crippen LogP contribution in [0.1, 0.15) is 11.9 Å². The van der Waals surface area contributed by atoms with Gasteiger partial charge in [-0.25, -0.2) is 8.42 Å². The van der Waals surface area contributed by atoms with Crippen molar-refractivity contribution in [1.29, 1.82) is 0 Å². The molecule has 0 radical (unpaired) electrons. The zero-order chi connectivity index (χ0) is 20.3. The molecule has 6 N–H and O–H groups in total. The molecule has 28 heavy (non-hydrogen) atoms. The van der Waals surface area contributed by atoms with Gasteiger partial charge in [0.25, 0.3) is 10.0 Å². The Morgan fingerprint density at radius 1 is 1.11 bits per heavy atom. The normalized spacial score (nSPS) is 11.2. The van der Waals surface area contributed by atoms with Crippen LogP contribution in [0, 0.1) is 4.91 Å². The molecule has 0 atom stereocenters. The van der Waals surface area contributed by atoms with Gasteiger partial charge in [0.1, 0.15) is 10.7 Å². The first-order valence-electron chi connectivity index (χ1n) is 8.07. The molecule has 0 amide bonds. The van der Waals surface area contributed by atoms with Crippen LogP contribution in [0.15, 0.2) is 46.5 Å². The largest absolute Gasteiger partial charge is 0.397 e. The summed E-state index contributed by atoms with van der Waals surface area (Å²) in [6.45, 7) is 1.91. The minimum absolute atomic E-state index is 0.0526. The third kappa shape index (κ3) is 4.18. The Morgan fingerprint density at radius 3 is 2.39 bits per heavy atom. The van der Waals surface area contributed by atoms with Crippen LogP contribution in [-0.2, 0) is 16.4 Å². The molecule has 0 aliphatic carbocycles. The molecule has 0 aliphatic heterocycles. The maximum atomic E-state index is 12.5. The fourth-order valence-corrected chi connectivity index (χ4v) is 4.19. The van der Waals surface area contributed by atoms with Gasteiger partial charge in [0.05, 0.1) is 22.0 Å². The average Bonchev–Trinajstić information content (AvgIpc) is 3.12. The molecule has 10 nitrogen and oxygen atoms in total. The average molecular weight is 419 g/mol. The van der Waals surface area contributed by atoms with Crippen molar-refractivity contribution in [1.82, 2.24) is 10.2 Å². The molecular formula is C16H17N7O3S2. The van der Waals surface area contributed by atoms with E-state index in [0.29, 0.717) is 23.5 Å². The van der Waals surface area contributed by atoms with Gasteiger partial charge in [0.15, 0.2) is 0 Å². The van der Waals surface area contributed by atoms with Gasteiger partial charge >= 0.3 is 0 Å². The van der Waals surface area contributed by atoms with E-state index in [0.717, 1.165) is 5.01 Å². The number of rotatable bonds is 7. The lowest BCUT2D eigenvalue weighted by Gasteiger charge is -2.11. The number of hydrogen-bond acceptors (Lipinski definition) is 10. The predicted octanol–water partition coefficient (Wildman–Crippen LogP) is 3.21. The van der Waals surface area contributed by atoms with E-state index in [-0.39, 0.29) is 21.4 Å². The topological polar surface area (TPSA) is 165 Å². The monoisotopic (exact) mass is 419 g/mol. The van der Waals surface area contributed by atoms with Crippen LogP contribution < -0.4 is 21.5 Å². The maximum Gasteiger partial charge on any atom is 0.263 e. The summed E-state index contributed by atoms with van der Waals surface area (Å²) in [7, 11) is -3.80. The van der Waals surface area contributed by atoms with Crippen molar-refractivity contribution in [3.05, 3.63) is 46.3 Å². The Bertz CT molecular complexity index is 1110. The minimum Gasteiger partial charge on any atom is -0.397 e. The summed E-state index contributed by atoms with van der Waals surface area (Å²) in [4.78, 5) is 11.0. The van der Waals surface area contributed by atoms with Gasteiger partial charge in [0, 0.05) is 5.69 Å². The molecule has 0 bridgehead atoms. The van der Waals surface area contributed by atoms with Gasteiger partial charge in [-0.3, -0.25) is 4.72 Å². The molecule has 0 aliphatic rings. The molecule has 0 saturated heterocycles. The minimum atomic E-state index is -3.80. The molecule has 0 unspecified atom stereocenters. The number of aryl methyl sites for hydroxylation is 1. The third-order valence-electron chi connectivity index (χ3n) is 3.73. The molecule has 3 aromatic rings. The molecule has 3 rings (SSSR count). The van der Waals surface area contributed by atoms with E-state index in [1.165, 1.54) is 35.6 Å². The Labute approximate surface area is 165 Å². The van der Waals surface area contributed by atoms with Crippen LogP contribution in [0.3, 0.4) is 0 Å². The number of sulfonamides is 1. The number of nitroso groups, excluding NO2 is 1. The van der Waals surface area contributed by atoms with Gasteiger partial charge in [-0.05, 0) is 48.0 Å². The van der Waals surface area contributed by atoms with Crippen LogP contribution >= 0.6 is 11.3 Å². The SMILES string of the molecule is CCc1nnc(NS(=O)(=O)c2ccc(Nc3cc(N)c(N)cc3N=O)cc2)s1. The zero-order valence-electron chi connectivity index (χ0n) is 14.7. The molecule has 2 aromatic carbocycles. The molecule has 1 aromatic heterocycles.